The molecule has 1 aromatic carbocycles. The molecule has 6 heteroatoms. The van der Waals surface area contributed by atoms with Crippen LogP contribution in [0.25, 0.3) is 10.6 Å². The Labute approximate surface area is 132 Å². The molecule has 0 aliphatic heterocycles. The van der Waals surface area contributed by atoms with E-state index in [9.17, 15) is 4.79 Å². The molecule has 0 atom stereocenters. The molecule has 4 nitrogen and oxygen atoms in total. The summed E-state index contributed by atoms with van der Waals surface area (Å²) in [5, 5.41) is 3.89. The van der Waals surface area contributed by atoms with Crippen molar-refractivity contribution in [3.63, 3.8) is 0 Å². The van der Waals surface area contributed by atoms with E-state index in [0.717, 1.165) is 26.9 Å². The molecule has 0 radical (unpaired) electrons. The van der Waals surface area contributed by atoms with E-state index >= 15 is 0 Å². The highest BCUT2D eigenvalue weighted by molar-refractivity contribution is 7.99. The summed E-state index contributed by atoms with van der Waals surface area (Å²) in [6, 6.07) is 6.07. The highest BCUT2D eigenvalue weighted by Crippen LogP contribution is 2.31. The smallest absolute Gasteiger partial charge is 0.306 e. The second-order valence-electron chi connectivity index (χ2n) is 4.35. The summed E-state index contributed by atoms with van der Waals surface area (Å²) in [7, 11) is 3.07. The molecule has 1 aromatic heterocycles. The minimum Gasteiger partial charge on any atom is -0.496 e. The van der Waals surface area contributed by atoms with Crippen molar-refractivity contribution in [2.75, 3.05) is 20.0 Å². The average Bonchev–Trinajstić information content (AvgIpc) is 2.96. The number of nitrogens with zero attached hydrogens (tertiary/aromatic N) is 1. The molecular weight excluding hydrogens is 306 g/mol. The first kappa shape index (κ1) is 15.9. The number of benzene rings is 1. The van der Waals surface area contributed by atoms with Crippen LogP contribution in [-0.2, 0) is 9.53 Å². The van der Waals surface area contributed by atoms with Gasteiger partial charge in [-0.15, -0.1) is 23.1 Å². The number of thioether (sulfide) groups is 1. The highest BCUT2D eigenvalue weighted by Gasteiger charge is 2.08. The Hall–Kier alpha value is -1.53. The van der Waals surface area contributed by atoms with Gasteiger partial charge in [-0.2, -0.15) is 0 Å². The van der Waals surface area contributed by atoms with Crippen LogP contribution < -0.4 is 4.74 Å². The minimum atomic E-state index is -0.193. The molecule has 2 aromatic rings. The summed E-state index contributed by atoms with van der Waals surface area (Å²) < 4.78 is 9.95. The molecule has 0 saturated heterocycles. The van der Waals surface area contributed by atoms with Crippen molar-refractivity contribution in [3.8, 4) is 16.3 Å². The number of thiazole rings is 1. The maximum Gasteiger partial charge on any atom is 0.306 e. The molecule has 0 amide bonds. The number of carbonyl (C=O) groups is 1. The van der Waals surface area contributed by atoms with Gasteiger partial charge in [0.1, 0.15) is 15.8 Å². The van der Waals surface area contributed by atoms with Crippen LogP contribution in [-0.4, -0.2) is 30.9 Å². The Morgan fingerprint density at radius 1 is 1.38 bits per heavy atom. The molecule has 0 fully saturated rings. The predicted molar refractivity (Wildman–Crippen MR) is 86.2 cm³/mol. The van der Waals surface area contributed by atoms with Gasteiger partial charge in [-0.3, -0.25) is 4.79 Å². The van der Waals surface area contributed by atoms with E-state index in [0.29, 0.717) is 12.2 Å². The van der Waals surface area contributed by atoms with Crippen molar-refractivity contribution in [3.05, 3.63) is 29.1 Å². The fraction of sp³-hybridized carbons (Fsp3) is 0.333. The molecule has 0 saturated carbocycles. The lowest BCUT2D eigenvalue weighted by Crippen LogP contribution is -2.00. The summed E-state index contributed by atoms with van der Waals surface area (Å²) in [5.74, 6) is 1.34. The first-order valence-corrected chi connectivity index (χ1v) is 8.30. The van der Waals surface area contributed by atoms with Gasteiger partial charge in [0.15, 0.2) is 0 Å². The Balaban J connectivity index is 2.04. The lowest BCUT2D eigenvalue weighted by atomic mass is 10.1. The van der Waals surface area contributed by atoms with Crippen LogP contribution in [0.3, 0.4) is 0 Å². The van der Waals surface area contributed by atoms with Crippen molar-refractivity contribution in [2.45, 2.75) is 18.4 Å². The molecule has 112 valence electrons. The number of aromatic nitrogens is 1. The summed E-state index contributed by atoms with van der Waals surface area (Å²) in [4.78, 5) is 15.6. The third-order valence-electron chi connectivity index (χ3n) is 2.92. The molecule has 1 heterocycles. The number of aryl methyl sites for hydroxylation is 1. The molecule has 21 heavy (non-hydrogen) atoms. The predicted octanol–water partition coefficient (Wildman–Crippen LogP) is 3.78. The first-order valence-electron chi connectivity index (χ1n) is 6.44. The highest BCUT2D eigenvalue weighted by atomic mass is 32.2. The van der Waals surface area contributed by atoms with Gasteiger partial charge in [-0.25, -0.2) is 4.98 Å². The van der Waals surface area contributed by atoms with Gasteiger partial charge in [-0.05, 0) is 18.6 Å². The number of rotatable bonds is 6. The Morgan fingerprint density at radius 2 is 2.19 bits per heavy atom. The van der Waals surface area contributed by atoms with Crippen molar-refractivity contribution in [2.24, 2.45) is 0 Å². The van der Waals surface area contributed by atoms with Crippen molar-refractivity contribution in [1.29, 1.82) is 0 Å². The Morgan fingerprint density at radius 3 is 2.90 bits per heavy atom. The minimum absolute atomic E-state index is 0.193. The van der Waals surface area contributed by atoms with E-state index in [1.807, 2.05) is 30.5 Å². The molecule has 2 rings (SSSR count). The van der Waals surface area contributed by atoms with Crippen LogP contribution in [0.15, 0.2) is 28.6 Å². The average molecular weight is 323 g/mol. The largest absolute Gasteiger partial charge is 0.496 e. The Kier molecular flexibility index (Phi) is 5.64. The van der Waals surface area contributed by atoms with E-state index in [1.54, 1.807) is 30.2 Å². The summed E-state index contributed by atoms with van der Waals surface area (Å²) in [5.41, 5.74) is 2.15. The fourth-order valence-electron chi connectivity index (χ4n) is 1.75. The molecule has 0 aliphatic rings. The molecular formula is C15H17NO3S2. The van der Waals surface area contributed by atoms with Crippen LogP contribution in [0.1, 0.15) is 12.0 Å². The Bertz CT molecular complexity index is 625. The molecule has 0 spiro atoms. The number of hydrogen-bond acceptors (Lipinski definition) is 6. The number of esters is 1. The summed E-state index contributed by atoms with van der Waals surface area (Å²) >= 11 is 3.15. The van der Waals surface area contributed by atoms with Crippen LogP contribution in [0.4, 0.5) is 0 Å². The van der Waals surface area contributed by atoms with Gasteiger partial charge in [-0.1, -0.05) is 12.1 Å². The number of methoxy groups -OCH3 is 2. The first-order chi connectivity index (χ1) is 10.1. The second-order valence-corrected chi connectivity index (χ2v) is 6.32. The molecule has 0 bridgehead atoms. The molecule has 0 N–H and O–H groups in total. The lowest BCUT2D eigenvalue weighted by molar-refractivity contribution is -0.140. The molecule has 0 aliphatic carbocycles. The quantitative estimate of drug-likeness (QED) is 0.598. The van der Waals surface area contributed by atoms with Crippen LogP contribution in [0.2, 0.25) is 0 Å². The van der Waals surface area contributed by atoms with E-state index in [2.05, 4.69) is 9.72 Å². The van der Waals surface area contributed by atoms with Crippen LogP contribution in [0, 0.1) is 6.92 Å². The SMILES string of the molecule is COC(=O)CCSc1csc(-c2ccc(C)c(OC)c2)n1. The van der Waals surface area contributed by atoms with E-state index in [1.165, 1.54) is 7.11 Å². The van der Waals surface area contributed by atoms with Crippen molar-refractivity contribution < 1.29 is 14.3 Å². The van der Waals surface area contributed by atoms with Gasteiger partial charge in [0.25, 0.3) is 0 Å². The van der Waals surface area contributed by atoms with Crippen LogP contribution >= 0.6 is 23.1 Å². The monoisotopic (exact) mass is 323 g/mol. The fourth-order valence-corrected chi connectivity index (χ4v) is 3.54. The number of ether oxygens (including phenoxy) is 2. The zero-order valence-corrected chi connectivity index (χ0v) is 13.8. The van der Waals surface area contributed by atoms with Gasteiger partial charge < -0.3 is 9.47 Å². The van der Waals surface area contributed by atoms with Crippen molar-refractivity contribution in [1.82, 2.24) is 4.98 Å². The third kappa shape index (κ3) is 4.22. The summed E-state index contributed by atoms with van der Waals surface area (Å²) in [6.07, 6.45) is 0.395. The summed E-state index contributed by atoms with van der Waals surface area (Å²) in [6.45, 7) is 2.01. The second kappa shape index (κ2) is 7.47. The molecule has 0 unspecified atom stereocenters. The standard InChI is InChI=1S/C15H17NO3S2/c1-10-4-5-11(8-12(10)18-2)15-16-13(9-21-15)20-7-6-14(17)19-3/h4-5,8-9H,6-7H2,1-3H3. The van der Waals surface area contributed by atoms with E-state index < -0.39 is 0 Å². The van der Waals surface area contributed by atoms with Crippen molar-refractivity contribution >= 4 is 29.1 Å². The zero-order chi connectivity index (χ0) is 15.2. The zero-order valence-electron chi connectivity index (χ0n) is 12.2. The maximum atomic E-state index is 11.1. The number of carbonyl (C=O) groups excluding carboxylic acids is 1. The van der Waals surface area contributed by atoms with E-state index in [4.69, 9.17) is 4.74 Å². The number of hydrogen-bond donors (Lipinski definition) is 0. The van der Waals surface area contributed by atoms with E-state index in [-0.39, 0.29) is 5.97 Å². The van der Waals surface area contributed by atoms with Gasteiger partial charge in [0.05, 0.1) is 20.6 Å². The maximum absolute atomic E-state index is 11.1. The van der Waals surface area contributed by atoms with Crippen LogP contribution in [0.5, 0.6) is 5.75 Å². The normalized spacial score (nSPS) is 10.4. The van der Waals surface area contributed by atoms with Gasteiger partial charge in [0, 0.05) is 16.7 Å². The lowest BCUT2D eigenvalue weighted by Gasteiger charge is -2.05. The van der Waals surface area contributed by atoms with Gasteiger partial charge in [0.2, 0.25) is 0 Å². The third-order valence-corrected chi connectivity index (χ3v) is 4.88. The topological polar surface area (TPSA) is 48.4 Å². The van der Waals surface area contributed by atoms with Gasteiger partial charge >= 0.3 is 5.97 Å².